The lowest BCUT2D eigenvalue weighted by Gasteiger charge is -2.32. The molecule has 1 aliphatic heterocycles. The van der Waals surface area contributed by atoms with Crippen molar-refractivity contribution in [2.75, 3.05) is 19.6 Å². The van der Waals surface area contributed by atoms with Crippen LogP contribution in [0.15, 0.2) is 66.7 Å². The number of piperidine rings is 1. The first-order valence-corrected chi connectivity index (χ1v) is 11.2. The predicted molar refractivity (Wildman–Crippen MR) is 123 cm³/mol. The zero-order valence-electron chi connectivity index (χ0n) is 17.6. The van der Waals surface area contributed by atoms with Gasteiger partial charge in [0.05, 0.1) is 5.52 Å². The van der Waals surface area contributed by atoms with Gasteiger partial charge in [-0.1, -0.05) is 48.9 Å². The number of rotatable bonds is 8. The van der Waals surface area contributed by atoms with Crippen molar-refractivity contribution in [2.45, 2.75) is 44.6 Å². The van der Waals surface area contributed by atoms with Crippen LogP contribution in [0.3, 0.4) is 0 Å². The van der Waals surface area contributed by atoms with E-state index < -0.39 is 0 Å². The number of likely N-dealkylation sites (tertiary alicyclic amines) is 1. The quantitative estimate of drug-likeness (QED) is 0.549. The Bertz CT molecular complexity index is 949. The molecule has 1 fully saturated rings. The number of benzene rings is 2. The highest BCUT2D eigenvalue weighted by molar-refractivity contribution is 5.94. The summed E-state index contributed by atoms with van der Waals surface area (Å²) in [6.45, 7) is 3.31. The Balaban J connectivity index is 1.11. The molecule has 156 valence electrons. The van der Waals surface area contributed by atoms with Gasteiger partial charge in [-0.15, -0.1) is 0 Å². The highest BCUT2D eigenvalue weighted by atomic mass is 16.1. The van der Waals surface area contributed by atoms with Gasteiger partial charge in [0.25, 0.3) is 5.91 Å². The highest BCUT2D eigenvalue weighted by Crippen LogP contribution is 2.15. The first-order valence-electron chi connectivity index (χ1n) is 11.2. The van der Waals surface area contributed by atoms with Crippen LogP contribution in [-0.4, -0.2) is 41.5 Å². The lowest BCUT2D eigenvalue weighted by atomic mass is 10.0. The summed E-state index contributed by atoms with van der Waals surface area (Å²) in [7, 11) is 0. The molecule has 0 aliphatic carbocycles. The summed E-state index contributed by atoms with van der Waals surface area (Å²) in [4.78, 5) is 19.6. The largest absolute Gasteiger partial charge is 0.349 e. The summed E-state index contributed by atoms with van der Waals surface area (Å²) in [5.41, 5.74) is 3.04. The Morgan fingerprint density at radius 3 is 2.50 bits per heavy atom. The topological polar surface area (TPSA) is 45.2 Å². The number of pyridine rings is 1. The van der Waals surface area contributed by atoms with Gasteiger partial charge >= 0.3 is 0 Å². The molecule has 0 saturated carbocycles. The lowest BCUT2D eigenvalue weighted by Crippen LogP contribution is -2.44. The van der Waals surface area contributed by atoms with Crippen molar-refractivity contribution in [2.24, 2.45) is 0 Å². The Hall–Kier alpha value is -2.72. The number of carbonyl (C=O) groups is 1. The summed E-state index contributed by atoms with van der Waals surface area (Å²) in [6, 6.07) is 22.5. The molecule has 2 heterocycles. The molecule has 1 saturated heterocycles. The Morgan fingerprint density at radius 1 is 0.900 bits per heavy atom. The number of hydrogen-bond donors (Lipinski definition) is 1. The standard InChI is InChI=1S/C26H31N3O/c30-26(22-10-3-1-4-11-22)28-24-16-19-29(20-17-24)18-8-2-5-12-23-15-14-21-9-6-7-13-25(21)27-23/h1,3-4,6-7,9-11,13-15,24H,2,5,8,12,16-20H2,(H,28,30). The number of nitrogens with zero attached hydrogens (tertiary/aromatic N) is 2. The zero-order valence-corrected chi connectivity index (χ0v) is 17.6. The monoisotopic (exact) mass is 401 g/mol. The summed E-state index contributed by atoms with van der Waals surface area (Å²) in [5, 5.41) is 4.40. The third-order valence-corrected chi connectivity index (χ3v) is 6.02. The molecule has 4 nitrogen and oxygen atoms in total. The minimum Gasteiger partial charge on any atom is -0.349 e. The molecule has 0 spiro atoms. The maximum Gasteiger partial charge on any atom is 0.251 e. The van der Waals surface area contributed by atoms with Gasteiger partial charge < -0.3 is 10.2 Å². The molecule has 0 atom stereocenters. The van der Waals surface area contributed by atoms with Crippen LogP contribution in [0.1, 0.15) is 48.2 Å². The number of fused-ring (bicyclic) bond motifs is 1. The second-order valence-electron chi connectivity index (χ2n) is 8.26. The van der Waals surface area contributed by atoms with E-state index in [9.17, 15) is 4.79 Å². The summed E-state index contributed by atoms with van der Waals surface area (Å²) >= 11 is 0. The van der Waals surface area contributed by atoms with Crippen molar-refractivity contribution in [3.05, 3.63) is 78.0 Å². The van der Waals surface area contributed by atoms with Crippen molar-refractivity contribution in [3.8, 4) is 0 Å². The number of para-hydroxylation sites is 1. The van der Waals surface area contributed by atoms with Gasteiger partial charge in [0.2, 0.25) is 0 Å². The van der Waals surface area contributed by atoms with Crippen molar-refractivity contribution in [1.29, 1.82) is 0 Å². The number of aryl methyl sites for hydroxylation is 1. The molecule has 1 aromatic heterocycles. The van der Waals surface area contributed by atoms with Crippen molar-refractivity contribution in [1.82, 2.24) is 15.2 Å². The number of nitrogens with one attached hydrogen (secondary N) is 1. The minimum absolute atomic E-state index is 0.0522. The van der Waals surface area contributed by atoms with Crippen LogP contribution in [-0.2, 0) is 6.42 Å². The lowest BCUT2D eigenvalue weighted by molar-refractivity contribution is 0.0910. The number of amides is 1. The molecular weight excluding hydrogens is 370 g/mol. The first-order chi connectivity index (χ1) is 14.8. The maximum absolute atomic E-state index is 12.3. The molecule has 0 radical (unpaired) electrons. The summed E-state index contributed by atoms with van der Waals surface area (Å²) < 4.78 is 0. The maximum atomic E-state index is 12.3. The van der Waals surface area contributed by atoms with Gasteiger partial charge in [-0.2, -0.15) is 0 Å². The fourth-order valence-corrected chi connectivity index (χ4v) is 4.22. The van der Waals surface area contributed by atoms with E-state index in [1.165, 1.54) is 30.3 Å². The van der Waals surface area contributed by atoms with Gasteiger partial charge in [0.15, 0.2) is 0 Å². The van der Waals surface area contributed by atoms with Crippen LogP contribution in [0.2, 0.25) is 0 Å². The minimum atomic E-state index is 0.0522. The van der Waals surface area contributed by atoms with Crippen molar-refractivity contribution >= 4 is 16.8 Å². The second-order valence-corrected chi connectivity index (χ2v) is 8.26. The Morgan fingerprint density at radius 2 is 1.67 bits per heavy atom. The SMILES string of the molecule is O=C(NC1CCN(CCCCCc2ccc3ccccc3n2)CC1)c1ccccc1. The van der Waals surface area contributed by atoms with Crippen LogP contribution in [0, 0.1) is 0 Å². The predicted octanol–water partition coefficient (Wildman–Crippen LogP) is 4.84. The second kappa shape index (κ2) is 10.4. The normalized spacial score (nSPS) is 15.3. The average Bonchev–Trinajstić information content (AvgIpc) is 2.80. The smallest absolute Gasteiger partial charge is 0.251 e. The zero-order chi connectivity index (χ0) is 20.6. The highest BCUT2D eigenvalue weighted by Gasteiger charge is 2.20. The fourth-order valence-electron chi connectivity index (χ4n) is 4.22. The Kier molecular flexibility index (Phi) is 7.09. The number of aromatic nitrogens is 1. The van der Waals surface area contributed by atoms with Gasteiger partial charge in [0, 0.05) is 35.8 Å². The first kappa shape index (κ1) is 20.5. The fraction of sp³-hybridized carbons (Fsp3) is 0.385. The molecule has 0 bridgehead atoms. The number of carbonyl (C=O) groups excluding carboxylic acids is 1. The molecular formula is C26H31N3O. The molecule has 4 rings (SSSR count). The van der Waals surface area contributed by atoms with E-state index in [0.717, 1.165) is 50.0 Å². The van der Waals surface area contributed by atoms with Gasteiger partial charge in [-0.05, 0) is 62.9 Å². The van der Waals surface area contributed by atoms with Crippen molar-refractivity contribution in [3.63, 3.8) is 0 Å². The third-order valence-electron chi connectivity index (χ3n) is 6.02. The molecule has 1 N–H and O–H groups in total. The molecule has 3 aromatic rings. The molecule has 0 unspecified atom stereocenters. The summed E-state index contributed by atoms with van der Waals surface area (Å²) in [5.74, 6) is 0.0522. The molecule has 1 amide bonds. The van der Waals surface area contributed by atoms with Crippen LogP contribution in [0.25, 0.3) is 10.9 Å². The molecule has 1 aliphatic rings. The van der Waals surface area contributed by atoms with Crippen LogP contribution in [0.4, 0.5) is 0 Å². The van der Waals surface area contributed by atoms with E-state index in [1.807, 2.05) is 30.3 Å². The Labute approximate surface area is 179 Å². The van der Waals surface area contributed by atoms with E-state index in [0.29, 0.717) is 6.04 Å². The molecule has 2 aromatic carbocycles. The van der Waals surface area contributed by atoms with Crippen LogP contribution < -0.4 is 5.32 Å². The molecule has 4 heteroatoms. The van der Waals surface area contributed by atoms with Crippen LogP contribution in [0.5, 0.6) is 0 Å². The van der Waals surface area contributed by atoms with E-state index in [4.69, 9.17) is 4.98 Å². The van der Waals surface area contributed by atoms with E-state index in [1.54, 1.807) is 0 Å². The van der Waals surface area contributed by atoms with Gasteiger partial charge in [-0.3, -0.25) is 9.78 Å². The molecule has 30 heavy (non-hydrogen) atoms. The van der Waals surface area contributed by atoms with Gasteiger partial charge in [-0.25, -0.2) is 0 Å². The van der Waals surface area contributed by atoms with Gasteiger partial charge in [0.1, 0.15) is 0 Å². The van der Waals surface area contributed by atoms with Crippen LogP contribution >= 0.6 is 0 Å². The average molecular weight is 402 g/mol. The number of hydrogen-bond acceptors (Lipinski definition) is 3. The van der Waals surface area contributed by atoms with E-state index in [2.05, 4.69) is 46.6 Å². The van der Waals surface area contributed by atoms with Crippen molar-refractivity contribution < 1.29 is 4.79 Å². The third kappa shape index (κ3) is 5.67. The van der Waals surface area contributed by atoms with E-state index >= 15 is 0 Å². The van der Waals surface area contributed by atoms with E-state index in [-0.39, 0.29) is 5.91 Å². The number of unbranched alkanes of at least 4 members (excludes halogenated alkanes) is 2. The summed E-state index contributed by atoms with van der Waals surface area (Å²) in [6.07, 6.45) is 6.79.